The van der Waals surface area contributed by atoms with Crippen LogP contribution in [0.15, 0.2) is 158 Å². The minimum atomic E-state index is 1.06. The smallest absolute Gasteiger partial charge is 0.140 e. The van der Waals surface area contributed by atoms with E-state index in [0.29, 0.717) is 0 Å². The lowest BCUT2D eigenvalue weighted by Gasteiger charge is -2.04. The molecule has 90 heavy (non-hydrogen) atoms. The van der Waals surface area contributed by atoms with Gasteiger partial charge in [0.1, 0.15) is 5.65 Å². The number of pyridine rings is 4. The van der Waals surface area contributed by atoms with Gasteiger partial charge in [-0.25, -0.2) is 4.98 Å². The lowest BCUT2D eigenvalue weighted by Crippen LogP contribution is -1.93. The van der Waals surface area contributed by atoms with E-state index in [0.717, 1.165) is 16.9 Å². The average molecular weight is 1200 g/mol. The number of fused-ring (bicyclic) bond motifs is 15. The first-order valence-corrected chi connectivity index (χ1v) is 32.6. The Hall–Kier alpha value is -9.08. The Kier molecular flexibility index (Phi) is 24.4. The van der Waals surface area contributed by atoms with Gasteiger partial charge in [0.25, 0.3) is 0 Å². The van der Waals surface area contributed by atoms with E-state index in [-0.39, 0.29) is 0 Å². The summed E-state index contributed by atoms with van der Waals surface area (Å²) in [6, 6.07) is 45.0. The van der Waals surface area contributed by atoms with Crippen molar-refractivity contribution in [2.24, 2.45) is 35.2 Å². The van der Waals surface area contributed by atoms with Crippen molar-refractivity contribution in [1.82, 2.24) is 42.8 Å². The molecule has 0 N–H and O–H groups in total. The van der Waals surface area contributed by atoms with E-state index in [9.17, 15) is 0 Å². The zero-order valence-corrected chi connectivity index (χ0v) is 59.0. The molecule has 0 amide bonds. The largest absolute Gasteiger partial charge is 0.343 e. The number of nitrogens with zero attached hydrogens (tertiary/aromatic N) is 9. The van der Waals surface area contributed by atoms with Crippen molar-refractivity contribution < 1.29 is 0 Å². The molecule has 0 aliphatic heterocycles. The van der Waals surface area contributed by atoms with Gasteiger partial charge in [0.15, 0.2) is 0 Å². The molecule has 0 atom stereocenters. The van der Waals surface area contributed by atoms with E-state index in [2.05, 4.69) is 269 Å². The van der Waals surface area contributed by atoms with Gasteiger partial charge < -0.3 is 22.8 Å². The van der Waals surface area contributed by atoms with Crippen molar-refractivity contribution in [3.05, 3.63) is 214 Å². The zero-order valence-electron chi connectivity index (χ0n) is 59.0. The number of rotatable bonds is 0. The maximum absolute atomic E-state index is 4.57. The molecule has 470 valence electrons. The average Bonchev–Trinajstić information content (AvgIpc) is 1.87. The highest BCUT2D eigenvalue weighted by Gasteiger charge is 2.16. The standard InChI is InChI=1S/C15H15N.4C14H14N2.5C2H6/c1-10-8-9-13-12-6-4-5-7-14(12)16(3)15(13)11(10)2;1-9-4-5-12-11-6-7-15-8-13(11)16(3)14(12)10(9)2;1-9-6-7-11-12-5-4-8-15-14(12)16(3)13(11)10(9)2;1-9-10(2)15-8-12-11-6-4-5-7-13(11)16(3)14(9)12;1-9-8-15-13-11-6-4-5-7-12(11)16(3)14(13)10(9)2;5*1-2/h4-9H,1-3H3;4*4-8H,1-3H3;5*1-2H3. The van der Waals surface area contributed by atoms with Gasteiger partial charge in [-0.1, -0.05) is 160 Å². The van der Waals surface area contributed by atoms with Crippen LogP contribution in [0.25, 0.3) is 109 Å². The van der Waals surface area contributed by atoms with Crippen LogP contribution in [0.1, 0.15) is 125 Å². The van der Waals surface area contributed by atoms with E-state index >= 15 is 0 Å². The summed E-state index contributed by atoms with van der Waals surface area (Å²) < 4.78 is 11.2. The fraction of sp³-hybridized carbons (Fsp3) is 0.309. The summed E-state index contributed by atoms with van der Waals surface area (Å²) in [7, 11) is 10.6. The molecule has 9 aromatic heterocycles. The lowest BCUT2D eigenvalue weighted by atomic mass is 10.1. The van der Waals surface area contributed by atoms with Gasteiger partial charge in [-0.2, -0.15) is 0 Å². The summed E-state index contributed by atoms with van der Waals surface area (Å²) in [4.78, 5) is 17.7. The van der Waals surface area contributed by atoms with Crippen LogP contribution in [-0.2, 0) is 35.2 Å². The van der Waals surface area contributed by atoms with Gasteiger partial charge in [0.05, 0.1) is 50.3 Å². The molecule has 9 nitrogen and oxygen atoms in total. The summed E-state index contributed by atoms with van der Waals surface area (Å²) in [5.41, 5.74) is 26.8. The highest BCUT2D eigenvalue weighted by Crippen LogP contribution is 2.35. The molecule has 0 fully saturated rings. The third kappa shape index (κ3) is 13.1. The third-order valence-corrected chi connectivity index (χ3v) is 17.4. The summed E-state index contributed by atoms with van der Waals surface area (Å²) in [5.74, 6) is 0. The third-order valence-electron chi connectivity index (χ3n) is 17.4. The van der Waals surface area contributed by atoms with Gasteiger partial charge in [-0.3, -0.25) is 15.0 Å². The normalized spacial score (nSPS) is 10.5. The van der Waals surface area contributed by atoms with Crippen LogP contribution in [0.3, 0.4) is 0 Å². The fourth-order valence-corrected chi connectivity index (χ4v) is 12.3. The van der Waals surface area contributed by atoms with Crippen LogP contribution in [0, 0.1) is 69.2 Å². The summed E-state index contributed by atoms with van der Waals surface area (Å²) >= 11 is 0. The molecule has 15 aromatic rings. The molecule has 0 unspecified atom stereocenters. The highest BCUT2D eigenvalue weighted by atomic mass is 15.0. The molecule has 9 heteroatoms. The van der Waals surface area contributed by atoms with Gasteiger partial charge in [-0.15, -0.1) is 0 Å². The second-order valence-corrected chi connectivity index (χ2v) is 21.8. The predicted molar refractivity (Wildman–Crippen MR) is 397 cm³/mol. The Balaban J connectivity index is 0.000000173. The highest BCUT2D eigenvalue weighted by molar-refractivity contribution is 6.12. The number of hydrogen-bond donors (Lipinski definition) is 0. The number of benzene rings is 6. The van der Waals surface area contributed by atoms with Crippen molar-refractivity contribution in [3.8, 4) is 0 Å². The van der Waals surface area contributed by atoms with Gasteiger partial charge >= 0.3 is 0 Å². The van der Waals surface area contributed by atoms with Gasteiger partial charge in [0, 0.05) is 125 Å². The van der Waals surface area contributed by atoms with Crippen LogP contribution in [0.4, 0.5) is 0 Å². The van der Waals surface area contributed by atoms with Crippen molar-refractivity contribution >= 4 is 109 Å². The Labute approximate surface area is 537 Å². The molecule has 0 radical (unpaired) electrons. The van der Waals surface area contributed by atoms with Crippen LogP contribution in [0.2, 0.25) is 0 Å². The summed E-state index contributed by atoms with van der Waals surface area (Å²) in [6.45, 7) is 41.5. The van der Waals surface area contributed by atoms with E-state index < -0.39 is 0 Å². The number of aryl methyl sites for hydroxylation is 15. The Bertz CT molecular complexity index is 4180. The minimum Gasteiger partial charge on any atom is -0.343 e. The van der Waals surface area contributed by atoms with Crippen molar-refractivity contribution in [1.29, 1.82) is 0 Å². The molecular weight excluding hydrogens is 1100 g/mol. The van der Waals surface area contributed by atoms with E-state index in [1.807, 2.05) is 106 Å². The Morgan fingerprint density at radius 2 is 0.633 bits per heavy atom. The molecule has 0 spiro atoms. The van der Waals surface area contributed by atoms with Crippen LogP contribution in [-0.4, -0.2) is 42.8 Å². The zero-order chi connectivity index (χ0) is 66.4. The van der Waals surface area contributed by atoms with Crippen LogP contribution in [0.5, 0.6) is 0 Å². The maximum Gasteiger partial charge on any atom is 0.140 e. The first-order chi connectivity index (χ1) is 43.5. The van der Waals surface area contributed by atoms with E-state index in [1.54, 1.807) is 0 Å². The number of aromatic nitrogens is 9. The molecule has 9 heterocycles. The van der Waals surface area contributed by atoms with Gasteiger partial charge in [0.2, 0.25) is 0 Å². The molecular formula is C81H101N9. The Morgan fingerprint density at radius 3 is 1.14 bits per heavy atom. The molecule has 0 aliphatic rings. The fourth-order valence-electron chi connectivity index (χ4n) is 12.3. The molecule has 15 rings (SSSR count). The molecule has 6 aromatic carbocycles. The second kappa shape index (κ2) is 31.4. The maximum atomic E-state index is 4.57. The van der Waals surface area contributed by atoms with Crippen LogP contribution < -0.4 is 0 Å². The second-order valence-electron chi connectivity index (χ2n) is 21.8. The van der Waals surface area contributed by atoms with Crippen molar-refractivity contribution in [3.63, 3.8) is 0 Å². The first-order valence-electron chi connectivity index (χ1n) is 32.6. The monoisotopic (exact) mass is 1200 g/mol. The first kappa shape index (κ1) is 70.0. The molecule has 0 aliphatic carbocycles. The van der Waals surface area contributed by atoms with Crippen LogP contribution >= 0.6 is 0 Å². The molecule has 0 bridgehead atoms. The summed E-state index contributed by atoms with van der Waals surface area (Å²) in [5, 5.41) is 11.6. The van der Waals surface area contributed by atoms with Gasteiger partial charge in [-0.05, 0) is 156 Å². The van der Waals surface area contributed by atoms with Crippen molar-refractivity contribution in [2.75, 3.05) is 0 Å². The SMILES string of the molecule is CC.CC.CC.CC.CC.Cc1ccc2c3ccccc3n(C)c2c1C.Cc1ccc2c3cccnc3n(C)c2c1C.Cc1ccc2c3ccncc3n(C)c2c1C.Cc1cnc2c3ccccc3n(C)c2c1C.Cc1ncc2c3ccccc3n(C)c2c1C. The lowest BCUT2D eigenvalue weighted by molar-refractivity contribution is 0.983. The predicted octanol–water partition coefficient (Wildman–Crippen LogP) is 22.5. The van der Waals surface area contributed by atoms with Crippen molar-refractivity contribution in [2.45, 2.75) is 138 Å². The minimum absolute atomic E-state index is 1.06. The summed E-state index contributed by atoms with van der Waals surface area (Å²) in [6.07, 6.45) is 9.59. The molecule has 0 saturated heterocycles. The topological polar surface area (TPSA) is 76.2 Å². The number of hydrogen-bond acceptors (Lipinski definition) is 4. The van der Waals surface area contributed by atoms with E-state index in [4.69, 9.17) is 0 Å². The molecule has 0 saturated carbocycles. The number of para-hydroxylation sites is 3. The van der Waals surface area contributed by atoms with E-state index in [1.165, 1.54) is 148 Å². The Morgan fingerprint density at radius 1 is 0.256 bits per heavy atom. The quantitative estimate of drug-likeness (QED) is 0.152.